The summed E-state index contributed by atoms with van der Waals surface area (Å²) in [5, 5.41) is 12.0. The van der Waals surface area contributed by atoms with Crippen LogP contribution in [0.1, 0.15) is 21.6 Å². The summed E-state index contributed by atoms with van der Waals surface area (Å²) in [7, 11) is 1.56. The van der Waals surface area contributed by atoms with Crippen LogP contribution in [0.4, 0.5) is 0 Å². The van der Waals surface area contributed by atoms with Gasteiger partial charge in [-0.15, -0.1) is 0 Å². The summed E-state index contributed by atoms with van der Waals surface area (Å²) in [6.45, 7) is 0.153. The van der Waals surface area contributed by atoms with Crippen LogP contribution in [0.3, 0.4) is 0 Å². The molecule has 0 spiro atoms. The van der Waals surface area contributed by atoms with E-state index in [-0.39, 0.29) is 12.4 Å². The standard InChI is InChI=1S/C20H15NO5/c1-24-17-8-12(9-18-19(17)26-11-25-18)6-7-13-10-15(20(22)23)14-4-2-3-5-16(14)21-13/h2-10H,11H2,1H3,(H,22,23)/p-1/b7-6+. The van der Waals surface area contributed by atoms with E-state index in [0.29, 0.717) is 33.8 Å². The van der Waals surface area contributed by atoms with Gasteiger partial charge in [-0.3, -0.25) is 0 Å². The molecule has 1 aromatic heterocycles. The van der Waals surface area contributed by atoms with E-state index >= 15 is 0 Å². The van der Waals surface area contributed by atoms with E-state index in [0.717, 1.165) is 5.56 Å². The second kappa shape index (κ2) is 6.40. The van der Waals surface area contributed by atoms with Gasteiger partial charge in [0.2, 0.25) is 12.5 Å². The number of carbonyl (C=O) groups excluding carboxylic acids is 1. The van der Waals surface area contributed by atoms with E-state index in [4.69, 9.17) is 14.2 Å². The molecular formula is C20H14NO5-. The van der Waals surface area contributed by atoms with Gasteiger partial charge in [0.05, 0.1) is 24.3 Å². The Morgan fingerprint density at radius 3 is 2.85 bits per heavy atom. The van der Waals surface area contributed by atoms with Crippen molar-refractivity contribution in [3.8, 4) is 17.2 Å². The summed E-state index contributed by atoms with van der Waals surface area (Å²) < 4.78 is 16.1. The van der Waals surface area contributed by atoms with E-state index in [2.05, 4.69) is 4.98 Å². The van der Waals surface area contributed by atoms with Crippen LogP contribution in [-0.4, -0.2) is 24.9 Å². The van der Waals surface area contributed by atoms with Crippen molar-refractivity contribution >= 4 is 29.0 Å². The SMILES string of the molecule is COc1cc(/C=C/c2cc(C(=O)[O-])c3ccccc3n2)cc2c1OCO2. The molecule has 0 saturated heterocycles. The number of aromatic carboxylic acids is 1. The molecule has 6 heteroatoms. The van der Waals surface area contributed by atoms with Crippen molar-refractivity contribution in [1.82, 2.24) is 4.98 Å². The van der Waals surface area contributed by atoms with Crippen LogP contribution in [0.5, 0.6) is 17.2 Å². The number of para-hydroxylation sites is 1. The molecule has 0 bridgehead atoms. The van der Waals surface area contributed by atoms with Crippen LogP contribution in [0, 0.1) is 0 Å². The molecule has 4 rings (SSSR count). The highest BCUT2D eigenvalue weighted by Gasteiger charge is 2.19. The average molecular weight is 348 g/mol. The third-order valence-corrected chi connectivity index (χ3v) is 4.08. The number of nitrogens with zero attached hydrogens (tertiary/aromatic N) is 1. The molecule has 130 valence electrons. The van der Waals surface area contributed by atoms with Gasteiger partial charge in [0.15, 0.2) is 11.5 Å². The molecule has 2 heterocycles. The number of hydrogen-bond acceptors (Lipinski definition) is 6. The van der Waals surface area contributed by atoms with E-state index in [1.165, 1.54) is 6.07 Å². The average Bonchev–Trinajstić information content (AvgIpc) is 3.13. The van der Waals surface area contributed by atoms with Crippen molar-refractivity contribution in [3.63, 3.8) is 0 Å². The molecule has 3 aromatic rings. The minimum Gasteiger partial charge on any atom is -0.545 e. The number of rotatable bonds is 4. The normalized spacial score (nSPS) is 12.7. The number of carboxylic acid groups (broad SMARTS) is 1. The van der Waals surface area contributed by atoms with Gasteiger partial charge in [-0.05, 0) is 35.9 Å². The van der Waals surface area contributed by atoms with E-state index in [9.17, 15) is 9.90 Å². The van der Waals surface area contributed by atoms with Crippen LogP contribution < -0.4 is 19.3 Å². The zero-order valence-corrected chi connectivity index (χ0v) is 13.9. The second-order valence-corrected chi connectivity index (χ2v) is 5.69. The maximum atomic E-state index is 11.4. The zero-order chi connectivity index (χ0) is 18.1. The first-order valence-electron chi connectivity index (χ1n) is 7.92. The van der Waals surface area contributed by atoms with Crippen LogP contribution in [0.25, 0.3) is 23.1 Å². The lowest BCUT2D eigenvalue weighted by Crippen LogP contribution is -2.22. The first-order valence-corrected chi connectivity index (χ1v) is 7.92. The number of pyridine rings is 1. The minimum absolute atomic E-state index is 0.110. The number of ether oxygens (including phenoxy) is 3. The lowest BCUT2D eigenvalue weighted by atomic mass is 10.1. The molecule has 0 fully saturated rings. The maximum Gasteiger partial charge on any atom is 0.231 e. The number of aromatic nitrogens is 1. The van der Waals surface area contributed by atoms with Crippen molar-refractivity contribution in [2.75, 3.05) is 13.9 Å². The first-order chi connectivity index (χ1) is 12.7. The van der Waals surface area contributed by atoms with Gasteiger partial charge in [-0.25, -0.2) is 4.98 Å². The first kappa shape index (κ1) is 16.0. The smallest absolute Gasteiger partial charge is 0.231 e. The highest BCUT2D eigenvalue weighted by molar-refractivity contribution is 6.02. The van der Waals surface area contributed by atoms with Gasteiger partial charge in [0.1, 0.15) is 0 Å². The fourth-order valence-electron chi connectivity index (χ4n) is 2.88. The fraction of sp³-hybridized carbons (Fsp3) is 0.100. The summed E-state index contributed by atoms with van der Waals surface area (Å²) in [4.78, 5) is 15.9. The molecule has 0 saturated carbocycles. The summed E-state index contributed by atoms with van der Waals surface area (Å²) in [6, 6.07) is 12.2. The Morgan fingerprint density at radius 2 is 2.04 bits per heavy atom. The molecule has 0 atom stereocenters. The Balaban J connectivity index is 1.75. The molecule has 6 nitrogen and oxygen atoms in total. The predicted molar refractivity (Wildman–Crippen MR) is 94.1 cm³/mol. The van der Waals surface area contributed by atoms with Crippen LogP contribution >= 0.6 is 0 Å². The largest absolute Gasteiger partial charge is 0.545 e. The summed E-state index contributed by atoms with van der Waals surface area (Å²) in [6.07, 6.45) is 3.54. The molecule has 0 aliphatic carbocycles. The Bertz CT molecular complexity index is 1040. The van der Waals surface area contributed by atoms with E-state index < -0.39 is 5.97 Å². The Morgan fingerprint density at radius 1 is 1.19 bits per heavy atom. The summed E-state index contributed by atoms with van der Waals surface area (Å²) >= 11 is 0. The van der Waals surface area contributed by atoms with Gasteiger partial charge in [0, 0.05) is 10.9 Å². The molecule has 0 amide bonds. The van der Waals surface area contributed by atoms with Crippen molar-refractivity contribution < 1.29 is 24.1 Å². The Labute approximate surface area is 149 Å². The highest BCUT2D eigenvalue weighted by Crippen LogP contribution is 2.42. The van der Waals surface area contributed by atoms with Crippen molar-refractivity contribution in [1.29, 1.82) is 0 Å². The molecule has 1 aliphatic heterocycles. The van der Waals surface area contributed by atoms with Gasteiger partial charge in [0.25, 0.3) is 0 Å². The van der Waals surface area contributed by atoms with Gasteiger partial charge >= 0.3 is 0 Å². The number of methoxy groups -OCH3 is 1. The topological polar surface area (TPSA) is 80.7 Å². The minimum atomic E-state index is -1.23. The molecule has 1 aliphatic rings. The van der Waals surface area contributed by atoms with E-state index in [1.807, 2.05) is 18.2 Å². The van der Waals surface area contributed by atoms with Crippen molar-refractivity contribution in [2.24, 2.45) is 0 Å². The second-order valence-electron chi connectivity index (χ2n) is 5.69. The number of benzene rings is 2. The molecule has 26 heavy (non-hydrogen) atoms. The maximum absolute atomic E-state index is 11.4. The van der Waals surface area contributed by atoms with Crippen LogP contribution in [0.15, 0.2) is 42.5 Å². The van der Waals surface area contributed by atoms with E-state index in [1.54, 1.807) is 37.5 Å². The molecule has 2 aromatic carbocycles. The fourth-order valence-corrected chi connectivity index (χ4v) is 2.88. The van der Waals surface area contributed by atoms with Crippen LogP contribution in [0.2, 0.25) is 0 Å². The zero-order valence-electron chi connectivity index (χ0n) is 13.9. The Hall–Kier alpha value is -3.54. The monoisotopic (exact) mass is 348 g/mol. The van der Waals surface area contributed by atoms with Gasteiger partial charge in [-0.2, -0.15) is 0 Å². The molecular weight excluding hydrogens is 334 g/mol. The number of carbonyl (C=O) groups is 1. The third kappa shape index (κ3) is 2.82. The number of carboxylic acids is 1. The quantitative estimate of drug-likeness (QED) is 0.721. The molecule has 0 radical (unpaired) electrons. The van der Waals surface area contributed by atoms with Crippen molar-refractivity contribution in [2.45, 2.75) is 0 Å². The van der Waals surface area contributed by atoms with Crippen molar-refractivity contribution in [3.05, 3.63) is 59.3 Å². The number of hydrogen-bond donors (Lipinski definition) is 0. The lowest BCUT2D eigenvalue weighted by molar-refractivity contribution is -0.254. The van der Waals surface area contributed by atoms with Crippen LogP contribution in [-0.2, 0) is 0 Å². The summed E-state index contributed by atoms with van der Waals surface area (Å²) in [5.41, 5.74) is 2.03. The predicted octanol–water partition coefficient (Wildman–Crippen LogP) is 2.51. The van der Waals surface area contributed by atoms with Gasteiger partial charge < -0.3 is 24.1 Å². The number of fused-ring (bicyclic) bond motifs is 2. The lowest BCUT2D eigenvalue weighted by Gasteiger charge is -2.09. The molecule has 0 N–H and O–H groups in total. The Kier molecular flexibility index (Phi) is 3.93. The third-order valence-electron chi connectivity index (χ3n) is 4.08. The van der Waals surface area contributed by atoms with Gasteiger partial charge in [-0.1, -0.05) is 24.3 Å². The molecule has 0 unspecified atom stereocenters. The summed E-state index contributed by atoms with van der Waals surface area (Å²) in [5.74, 6) is 0.517. The highest BCUT2D eigenvalue weighted by atomic mass is 16.7.